The minimum absolute atomic E-state index is 0.356. The molecule has 1 saturated heterocycles. The first-order chi connectivity index (χ1) is 9.67. The van der Waals surface area contributed by atoms with E-state index in [1.54, 1.807) is 7.11 Å². The molecule has 20 heavy (non-hydrogen) atoms. The van der Waals surface area contributed by atoms with Crippen LogP contribution >= 0.6 is 0 Å². The van der Waals surface area contributed by atoms with Crippen LogP contribution in [0.5, 0.6) is 0 Å². The second-order valence-corrected chi connectivity index (χ2v) is 5.64. The Hall–Kier alpha value is -1.59. The Bertz CT molecular complexity index is 549. The molecule has 0 amide bonds. The second-order valence-electron chi connectivity index (χ2n) is 5.64. The van der Waals surface area contributed by atoms with Gasteiger partial charge < -0.3 is 14.6 Å². The average molecular weight is 274 g/mol. The summed E-state index contributed by atoms with van der Waals surface area (Å²) < 4.78 is 5.46. The van der Waals surface area contributed by atoms with Crippen molar-refractivity contribution in [2.45, 2.75) is 18.6 Å². The standard InChI is InChI=1S/C15H22N4O/c1-18-10-12(20-3)8-11(18)9-19(2)15-16-13-6-4-5-7-14(13)17-15/h4-7,11-12H,8-10H2,1-3H3,(H,16,17)/t11-,12-/m0/s1. The molecular weight excluding hydrogens is 252 g/mol. The summed E-state index contributed by atoms with van der Waals surface area (Å²) in [5.41, 5.74) is 2.10. The number of nitrogens with one attached hydrogen (secondary N) is 1. The molecule has 1 aromatic carbocycles. The number of para-hydroxylation sites is 2. The van der Waals surface area contributed by atoms with E-state index in [9.17, 15) is 0 Å². The van der Waals surface area contributed by atoms with Gasteiger partial charge in [-0.1, -0.05) is 12.1 Å². The van der Waals surface area contributed by atoms with Crippen molar-refractivity contribution in [1.82, 2.24) is 14.9 Å². The van der Waals surface area contributed by atoms with Crippen LogP contribution in [-0.2, 0) is 4.74 Å². The minimum Gasteiger partial charge on any atom is -0.380 e. The molecule has 1 aliphatic heterocycles. The number of rotatable bonds is 4. The largest absolute Gasteiger partial charge is 0.380 e. The molecule has 0 saturated carbocycles. The lowest BCUT2D eigenvalue weighted by molar-refractivity contribution is 0.111. The number of imidazole rings is 1. The normalized spacial score (nSPS) is 23.6. The number of ether oxygens (including phenoxy) is 1. The first-order valence-corrected chi connectivity index (χ1v) is 7.06. The highest BCUT2D eigenvalue weighted by Gasteiger charge is 2.30. The summed E-state index contributed by atoms with van der Waals surface area (Å²) in [6.07, 6.45) is 1.44. The van der Waals surface area contributed by atoms with Gasteiger partial charge in [0, 0.05) is 33.3 Å². The maximum absolute atomic E-state index is 5.46. The predicted octanol–water partition coefficient (Wildman–Crippen LogP) is 1.72. The van der Waals surface area contributed by atoms with Crippen molar-refractivity contribution < 1.29 is 4.74 Å². The van der Waals surface area contributed by atoms with Crippen LogP contribution < -0.4 is 4.90 Å². The topological polar surface area (TPSA) is 44.4 Å². The zero-order chi connectivity index (χ0) is 14.1. The van der Waals surface area contributed by atoms with Crippen molar-refractivity contribution in [3.05, 3.63) is 24.3 Å². The molecule has 2 heterocycles. The molecular formula is C15H22N4O. The van der Waals surface area contributed by atoms with E-state index in [0.29, 0.717) is 12.1 Å². The molecule has 0 radical (unpaired) electrons. The van der Waals surface area contributed by atoms with Gasteiger partial charge in [0.1, 0.15) is 0 Å². The molecule has 1 aromatic heterocycles. The Morgan fingerprint density at radius 2 is 2.25 bits per heavy atom. The monoisotopic (exact) mass is 274 g/mol. The Kier molecular flexibility index (Phi) is 3.63. The van der Waals surface area contributed by atoms with Gasteiger partial charge in [-0.25, -0.2) is 4.98 Å². The fourth-order valence-corrected chi connectivity index (χ4v) is 2.94. The van der Waals surface area contributed by atoms with Crippen LogP contribution in [0, 0.1) is 0 Å². The Morgan fingerprint density at radius 3 is 2.95 bits per heavy atom. The molecule has 2 aromatic rings. The molecule has 0 aliphatic carbocycles. The third-order valence-electron chi connectivity index (χ3n) is 4.21. The van der Waals surface area contributed by atoms with Gasteiger partial charge in [0.25, 0.3) is 0 Å². The highest BCUT2D eigenvalue weighted by molar-refractivity contribution is 5.77. The Morgan fingerprint density at radius 1 is 1.45 bits per heavy atom. The van der Waals surface area contributed by atoms with Gasteiger partial charge in [-0.05, 0) is 25.6 Å². The van der Waals surface area contributed by atoms with E-state index in [-0.39, 0.29) is 0 Å². The number of methoxy groups -OCH3 is 1. The van der Waals surface area contributed by atoms with E-state index < -0.39 is 0 Å². The average Bonchev–Trinajstić information content (AvgIpc) is 3.02. The number of anilines is 1. The summed E-state index contributed by atoms with van der Waals surface area (Å²) in [6.45, 7) is 1.96. The van der Waals surface area contributed by atoms with Gasteiger partial charge in [-0.3, -0.25) is 4.90 Å². The number of nitrogens with zero attached hydrogens (tertiary/aromatic N) is 3. The SMILES string of the molecule is CO[C@H]1C[C@@H](CN(C)c2nc3ccccc3[nH]2)N(C)C1. The van der Waals surface area contributed by atoms with E-state index in [1.807, 2.05) is 18.2 Å². The number of H-pyrrole nitrogens is 1. The van der Waals surface area contributed by atoms with E-state index in [0.717, 1.165) is 36.5 Å². The molecule has 1 aliphatic rings. The van der Waals surface area contributed by atoms with Gasteiger partial charge in [0.2, 0.25) is 5.95 Å². The van der Waals surface area contributed by atoms with Crippen LogP contribution in [0.3, 0.4) is 0 Å². The lowest BCUT2D eigenvalue weighted by Gasteiger charge is -2.25. The van der Waals surface area contributed by atoms with Crippen molar-refractivity contribution in [3.8, 4) is 0 Å². The smallest absolute Gasteiger partial charge is 0.203 e. The first kappa shape index (κ1) is 13.4. The van der Waals surface area contributed by atoms with Crippen molar-refractivity contribution >= 4 is 17.0 Å². The van der Waals surface area contributed by atoms with E-state index in [1.165, 1.54) is 0 Å². The van der Waals surface area contributed by atoms with Crippen LogP contribution in [0.1, 0.15) is 6.42 Å². The van der Waals surface area contributed by atoms with Crippen molar-refractivity contribution in [2.75, 3.05) is 39.2 Å². The highest BCUT2D eigenvalue weighted by Crippen LogP contribution is 2.21. The number of hydrogen-bond acceptors (Lipinski definition) is 4. The van der Waals surface area contributed by atoms with Gasteiger partial charge in [0.05, 0.1) is 17.1 Å². The number of hydrogen-bond donors (Lipinski definition) is 1. The second kappa shape index (κ2) is 5.42. The molecule has 3 rings (SSSR count). The summed E-state index contributed by atoms with van der Waals surface area (Å²) in [5.74, 6) is 0.931. The third-order valence-corrected chi connectivity index (χ3v) is 4.21. The van der Waals surface area contributed by atoms with Crippen LogP contribution in [0.2, 0.25) is 0 Å². The summed E-state index contributed by atoms with van der Waals surface area (Å²) in [4.78, 5) is 12.6. The quantitative estimate of drug-likeness (QED) is 0.922. The lowest BCUT2D eigenvalue weighted by atomic mass is 10.2. The van der Waals surface area contributed by atoms with E-state index >= 15 is 0 Å². The zero-order valence-corrected chi connectivity index (χ0v) is 12.3. The maximum Gasteiger partial charge on any atom is 0.203 e. The number of aromatic amines is 1. The molecule has 0 unspecified atom stereocenters. The summed E-state index contributed by atoms with van der Waals surface area (Å²) in [5, 5.41) is 0. The molecule has 108 valence electrons. The molecule has 5 heteroatoms. The van der Waals surface area contributed by atoms with E-state index in [4.69, 9.17) is 4.74 Å². The fraction of sp³-hybridized carbons (Fsp3) is 0.533. The third kappa shape index (κ3) is 2.51. The predicted molar refractivity (Wildman–Crippen MR) is 81.2 cm³/mol. The molecule has 5 nitrogen and oxygen atoms in total. The van der Waals surface area contributed by atoms with Crippen molar-refractivity contribution in [2.24, 2.45) is 0 Å². The minimum atomic E-state index is 0.356. The molecule has 0 bridgehead atoms. The molecule has 1 fully saturated rings. The molecule has 2 atom stereocenters. The van der Waals surface area contributed by atoms with Gasteiger partial charge in [-0.2, -0.15) is 0 Å². The van der Waals surface area contributed by atoms with Crippen LogP contribution in [0.15, 0.2) is 24.3 Å². The zero-order valence-electron chi connectivity index (χ0n) is 12.3. The highest BCUT2D eigenvalue weighted by atomic mass is 16.5. The van der Waals surface area contributed by atoms with Crippen molar-refractivity contribution in [3.63, 3.8) is 0 Å². The number of aromatic nitrogens is 2. The number of likely N-dealkylation sites (N-methyl/N-ethyl adjacent to an activating group) is 2. The number of likely N-dealkylation sites (tertiary alicyclic amines) is 1. The van der Waals surface area contributed by atoms with Gasteiger partial charge >= 0.3 is 0 Å². The molecule has 1 N–H and O–H groups in total. The summed E-state index contributed by atoms with van der Waals surface area (Å²) >= 11 is 0. The molecule has 0 spiro atoms. The van der Waals surface area contributed by atoms with E-state index in [2.05, 4.69) is 39.9 Å². The van der Waals surface area contributed by atoms with Gasteiger partial charge in [-0.15, -0.1) is 0 Å². The van der Waals surface area contributed by atoms with Crippen LogP contribution in [0.25, 0.3) is 11.0 Å². The number of fused-ring (bicyclic) bond motifs is 1. The van der Waals surface area contributed by atoms with Gasteiger partial charge in [0.15, 0.2) is 0 Å². The summed E-state index contributed by atoms with van der Waals surface area (Å²) in [6, 6.07) is 8.64. The Balaban J connectivity index is 1.71. The lowest BCUT2D eigenvalue weighted by Crippen LogP contribution is -2.37. The maximum atomic E-state index is 5.46. The fourth-order valence-electron chi connectivity index (χ4n) is 2.94. The first-order valence-electron chi connectivity index (χ1n) is 7.06. The van der Waals surface area contributed by atoms with Crippen LogP contribution in [0.4, 0.5) is 5.95 Å². The summed E-state index contributed by atoms with van der Waals surface area (Å²) in [7, 11) is 6.05. The van der Waals surface area contributed by atoms with Crippen molar-refractivity contribution in [1.29, 1.82) is 0 Å². The Labute approximate surface area is 119 Å². The number of benzene rings is 1. The van der Waals surface area contributed by atoms with Crippen LogP contribution in [-0.4, -0.2) is 61.3 Å².